The fourth-order valence-electron chi connectivity index (χ4n) is 1.89. The number of hydrogen-bond donors (Lipinski definition) is 2. The molecule has 1 saturated heterocycles. The van der Waals surface area contributed by atoms with Crippen LogP contribution in [0.2, 0.25) is 0 Å². The third kappa shape index (κ3) is 2.97. The van der Waals surface area contributed by atoms with Crippen LogP contribution in [0.1, 0.15) is 12.0 Å². The maximum Gasteiger partial charge on any atom is 0.224 e. The highest BCUT2D eigenvalue weighted by atomic mass is 16.3. The molecule has 4 nitrogen and oxygen atoms in total. The summed E-state index contributed by atoms with van der Waals surface area (Å²) >= 11 is 0. The van der Waals surface area contributed by atoms with Gasteiger partial charge in [0.25, 0.3) is 0 Å². The molecular formula is C13H18N2O2. The monoisotopic (exact) mass is 234 g/mol. The lowest BCUT2D eigenvalue weighted by atomic mass is 10.1. The highest BCUT2D eigenvalue weighted by Crippen LogP contribution is 2.13. The number of anilines is 1. The lowest BCUT2D eigenvalue weighted by Crippen LogP contribution is -2.53. The van der Waals surface area contributed by atoms with E-state index >= 15 is 0 Å². The van der Waals surface area contributed by atoms with Crippen molar-refractivity contribution >= 4 is 11.6 Å². The zero-order valence-electron chi connectivity index (χ0n) is 10.0. The molecule has 0 spiro atoms. The number of rotatable bonds is 4. The van der Waals surface area contributed by atoms with Gasteiger partial charge in [-0.15, -0.1) is 0 Å². The third-order valence-electron chi connectivity index (χ3n) is 3.01. The Morgan fingerprint density at radius 2 is 2.18 bits per heavy atom. The first-order valence-corrected chi connectivity index (χ1v) is 5.92. The average Bonchev–Trinajstić information content (AvgIpc) is 2.27. The van der Waals surface area contributed by atoms with Crippen LogP contribution in [-0.2, 0) is 4.79 Å². The van der Waals surface area contributed by atoms with E-state index < -0.39 is 0 Å². The SMILES string of the molecule is Cc1ccccc1NCCC(=O)N1CC(O)C1. The molecule has 1 aliphatic rings. The number of benzene rings is 1. The van der Waals surface area contributed by atoms with Crippen LogP contribution in [-0.4, -0.2) is 41.7 Å². The first-order valence-electron chi connectivity index (χ1n) is 5.92. The molecule has 0 atom stereocenters. The molecule has 4 heteroatoms. The van der Waals surface area contributed by atoms with E-state index in [4.69, 9.17) is 5.11 Å². The van der Waals surface area contributed by atoms with Crippen molar-refractivity contribution in [1.82, 2.24) is 4.90 Å². The third-order valence-corrected chi connectivity index (χ3v) is 3.01. The number of carbonyl (C=O) groups excluding carboxylic acids is 1. The van der Waals surface area contributed by atoms with Gasteiger partial charge in [-0.2, -0.15) is 0 Å². The van der Waals surface area contributed by atoms with Gasteiger partial charge in [0.15, 0.2) is 0 Å². The van der Waals surface area contributed by atoms with Crippen LogP contribution in [0.4, 0.5) is 5.69 Å². The van der Waals surface area contributed by atoms with Crippen LogP contribution in [0.25, 0.3) is 0 Å². The van der Waals surface area contributed by atoms with E-state index in [0.29, 0.717) is 26.1 Å². The van der Waals surface area contributed by atoms with Crippen molar-refractivity contribution in [2.24, 2.45) is 0 Å². The Hall–Kier alpha value is -1.55. The molecule has 1 aliphatic heterocycles. The zero-order valence-corrected chi connectivity index (χ0v) is 10.0. The molecule has 1 fully saturated rings. The number of likely N-dealkylation sites (tertiary alicyclic amines) is 1. The molecule has 0 aromatic heterocycles. The van der Waals surface area contributed by atoms with E-state index in [1.54, 1.807) is 4.90 Å². The van der Waals surface area contributed by atoms with E-state index in [-0.39, 0.29) is 12.0 Å². The number of β-amino-alcohol motifs (C(OH)–C–C–N with tert-alkyl or cyclic N) is 1. The van der Waals surface area contributed by atoms with Gasteiger partial charge in [0.1, 0.15) is 0 Å². The normalized spacial score (nSPS) is 15.5. The molecule has 1 aromatic carbocycles. The number of para-hydroxylation sites is 1. The number of aryl methyl sites for hydroxylation is 1. The molecule has 0 radical (unpaired) electrons. The van der Waals surface area contributed by atoms with Crippen molar-refractivity contribution in [1.29, 1.82) is 0 Å². The number of hydrogen-bond acceptors (Lipinski definition) is 3. The summed E-state index contributed by atoms with van der Waals surface area (Å²) in [4.78, 5) is 13.3. The van der Waals surface area contributed by atoms with Crippen LogP contribution in [0.5, 0.6) is 0 Å². The maximum atomic E-state index is 11.6. The van der Waals surface area contributed by atoms with E-state index in [0.717, 1.165) is 5.69 Å². The van der Waals surface area contributed by atoms with Gasteiger partial charge in [-0.25, -0.2) is 0 Å². The van der Waals surface area contributed by atoms with Crippen molar-refractivity contribution < 1.29 is 9.90 Å². The maximum absolute atomic E-state index is 11.6. The first kappa shape index (κ1) is 11.9. The fourth-order valence-corrected chi connectivity index (χ4v) is 1.89. The van der Waals surface area contributed by atoms with Crippen LogP contribution in [0.15, 0.2) is 24.3 Å². The highest BCUT2D eigenvalue weighted by Gasteiger charge is 2.27. The highest BCUT2D eigenvalue weighted by molar-refractivity contribution is 5.77. The predicted molar refractivity (Wildman–Crippen MR) is 66.9 cm³/mol. The number of nitrogens with zero attached hydrogens (tertiary/aromatic N) is 1. The topological polar surface area (TPSA) is 52.6 Å². The zero-order chi connectivity index (χ0) is 12.3. The summed E-state index contributed by atoms with van der Waals surface area (Å²) in [5.74, 6) is 0.108. The molecule has 0 bridgehead atoms. The molecule has 92 valence electrons. The smallest absolute Gasteiger partial charge is 0.224 e. The Morgan fingerprint density at radius 1 is 1.47 bits per heavy atom. The van der Waals surface area contributed by atoms with Crippen molar-refractivity contribution in [3.63, 3.8) is 0 Å². The number of carbonyl (C=O) groups is 1. The van der Waals surface area contributed by atoms with Crippen LogP contribution >= 0.6 is 0 Å². The summed E-state index contributed by atoms with van der Waals surface area (Å²) in [5, 5.41) is 12.3. The number of aliphatic hydroxyl groups is 1. The largest absolute Gasteiger partial charge is 0.389 e. The van der Waals surface area contributed by atoms with E-state index in [9.17, 15) is 4.79 Å². The molecule has 0 unspecified atom stereocenters. The second kappa shape index (κ2) is 5.19. The van der Waals surface area contributed by atoms with Crippen molar-refractivity contribution in [3.05, 3.63) is 29.8 Å². The van der Waals surface area contributed by atoms with E-state index in [2.05, 4.69) is 5.32 Å². The Bertz CT molecular complexity index is 400. The minimum absolute atomic E-state index is 0.108. The summed E-state index contributed by atoms with van der Waals surface area (Å²) in [6.45, 7) is 3.65. The van der Waals surface area contributed by atoms with Gasteiger partial charge in [0.05, 0.1) is 6.10 Å². The Balaban J connectivity index is 1.73. The quantitative estimate of drug-likeness (QED) is 0.817. The molecular weight excluding hydrogens is 216 g/mol. The van der Waals surface area contributed by atoms with Crippen LogP contribution in [0.3, 0.4) is 0 Å². The summed E-state index contributed by atoms with van der Waals surface area (Å²) in [6, 6.07) is 8.01. The summed E-state index contributed by atoms with van der Waals surface area (Å²) in [7, 11) is 0. The molecule has 0 saturated carbocycles. The summed E-state index contributed by atoms with van der Waals surface area (Å²) in [5.41, 5.74) is 2.25. The van der Waals surface area contributed by atoms with Gasteiger partial charge in [0.2, 0.25) is 5.91 Å². The van der Waals surface area contributed by atoms with Crippen LogP contribution < -0.4 is 5.32 Å². The molecule has 2 rings (SSSR count). The second-order valence-corrected chi connectivity index (χ2v) is 4.44. The lowest BCUT2D eigenvalue weighted by Gasteiger charge is -2.35. The molecule has 1 heterocycles. The second-order valence-electron chi connectivity index (χ2n) is 4.44. The van der Waals surface area contributed by atoms with E-state index in [1.165, 1.54) is 5.56 Å². The number of aliphatic hydroxyl groups excluding tert-OH is 1. The van der Waals surface area contributed by atoms with Gasteiger partial charge in [-0.1, -0.05) is 18.2 Å². The number of nitrogens with one attached hydrogen (secondary N) is 1. The van der Waals surface area contributed by atoms with Gasteiger partial charge in [-0.05, 0) is 18.6 Å². The van der Waals surface area contributed by atoms with E-state index in [1.807, 2.05) is 31.2 Å². The summed E-state index contributed by atoms with van der Waals surface area (Å²) < 4.78 is 0. The Morgan fingerprint density at radius 3 is 2.82 bits per heavy atom. The summed E-state index contributed by atoms with van der Waals surface area (Å²) in [6.07, 6.45) is 0.157. The van der Waals surface area contributed by atoms with Crippen LogP contribution in [0, 0.1) is 6.92 Å². The van der Waals surface area contributed by atoms with Gasteiger partial charge < -0.3 is 15.3 Å². The molecule has 17 heavy (non-hydrogen) atoms. The Kier molecular flexibility index (Phi) is 3.64. The number of amides is 1. The minimum Gasteiger partial charge on any atom is -0.389 e. The van der Waals surface area contributed by atoms with Crippen molar-refractivity contribution in [2.45, 2.75) is 19.4 Å². The van der Waals surface area contributed by atoms with Crippen molar-refractivity contribution in [2.75, 3.05) is 25.0 Å². The van der Waals surface area contributed by atoms with Gasteiger partial charge in [0, 0.05) is 31.7 Å². The first-order chi connectivity index (χ1) is 8.16. The van der Waals surface area contributed by atoms with Crippen molar-refractivity contribution in [3.8, 4) is 0 Å². The fraction of sp³-hybridized carbons (Fsp3) is 0.462. The van der Waals surface area contributed by atoms with Gasteiger partial charge >= 0.3 is 0 Å². The van der Waals surface area contributed by atoms with Gasteiger partial charge in [-0.3, -0.25) is 4.79 Å². The minimum atomic E-state index is -0.316. The Labute approximate surface area is 101 Å². The standard InChI is InChI=1S/C13H18N2O2/c1-10-4-2-3-5-12(10)14-7-6-13(17)15-8-11(16)9-15/h2-5,11,14,16H,6-9H2,1H3. The lowest BCUT2D eigenvalue weighted by molar-refractivity contribution is -0.140. The average molecular weight is 234 g/mol. The predicted octanol–water partition coefficient (Wildman–Crippen LogP) is 1.00. The molecule has 2 N–H and O–H groups in total. The molecule has 1 amide bonds. The molecule has 0 aliphatic carbocycles. The molecule has 1 aromatic rings.